The van der Waals surface area contributed by atoms with Crippen LogP contribution in [0.3, 0.4) is 0 Å². The summed E-state index contributed by atoms with van der Waals surface area (Å²) in [6.45, 7) is 4.97. The fraction of sp³-hybridized carbons (Fsp3) is 0.833. The fourth-order valence-corrected chi connectivity index (χ4v) is 1.48. The number of hydrogen-bond acceptors (Lipinski definition) is 4. The Morgan fingerprint density at radius 2 is 1.63 bits per heavy atom. The molecule has 4 nitrogen and oxygen atoms in total. The zero-order valence-electron chi connectivity index (χ0n) is 11.5. The highest BCUT2D eigenvalue weighted by Crippen LogP contribution is 2.24. The summed E-state index contributed by atoms with van der Waals surface area (Å²) in [7, 11) is 0. The molecule has 0 aliphatic carbocycles. The largest absolute Gasteiger partial charge is 0.454 e. The van der Waals surface area contributed by atoms with Gasteiger partial charge in [-0.1, -0.05) is 27.7 Å². The van der Waals surface area contributed by atoms with Crippen molar-refractivity contribution < 1.29 is 32.2 Å². The molecule has 0 bridgehead atoms. The molecule has 0 aliphatic heterocycles. The Hall–Kier alpha value is -1.27. The van der Waals surface area contributed by atoms with Crippen molar-refractivity contribution in [2.45, 2.75) is 40.3 Å². The minimum atomic E-state index is -4.58. The molecule has 0 heterocycles. The first-order valence-electron chi connectivity index (χ1n) is 5.80. The average molecular weight is 284 g/mol. The third kappa shape index (κ3) is 10.3. The number of carbonyl (C=O) groups excluding carboxylic acids is 2. The van der Waals surface area contributed by atoms with Gasteiger partial charge in [0.05, 0.1) is 5.92 Å². The quantitative estimate of drug-likeness (QED) is 0.728. The summed E-state index contributed by atoms with van der Waals surface area (Å²) in [4.78, 5) is 22.4. The van der Waals surface area contributed by atoms with Crippen LogP contribution in [0.1, 0.15) is 34.1 Å². The van der Waals surface area contributed by atoms with Gasteiger partial charge in [0.25, 0.3) is 0 Å². The molecule has 0 fully saturated rings. The van der Waals surface area contributed by atoms with Crippen LogP contribution in [-0.4, -0.2) is 31.3 Å². The van der Waals surface area contributed by atoms with E-state index in [0.717, 1.165) is 0 Å². The lowest BCUT2D eigenvalue weighted by molar-refractivity contribution is -0.190. The van der Waals surface area contributed by atoms with Crippen molar-refractivity contribution in [2.75, 3.05) is 13.2 Å². The predicted octanol–water partition coefficient (Wildman–Crippen LogP) is 2.71. The van der Waals surface area contributed by atoms with E-state index < -0.39 is 37.2 Å². The monoisotopic (exact) mass is 284 g/mol. The van der Waals surface area contributed by atoms with Crippen molar-refractivity contribution in [1.29, 1.82) is 0 Å². The molecule has 1 unspecified atom stereocenters. The smallest absolute Gasteiger partial charge is 0.422 e. The van der Waals surface area contributed by atoms with Crippen molar-refractivity contribution in [3.05, 3.63) is 0 Å². The van der Waals surface area contributed by atoms with Crippen molar-refractivity contribution in [2.24, 2.45) is 11.3 Å². The van der Waals surface area contributed by atoms with Crippen LogP contribution >= 0.6 is 0 Å². The molecule has 0 radical (unpaired) electrons. The first kappa shape index (κ1) is 17.7. The molecule has 0 rings (SSSR count). The lowest BCUT2D eigenvalue weighted by Gasteiger charge is -2.21. The van der Waals surface area contributed by atoms with E-state index in [9.17, 15) is 22.8 Å². The van der Waals surface area contributed by atoms with Crippen LogP contribution in [0.25, 0.3) is 0 Å². The number of ether oxygens (including phenoxy) is 2. The Morgan fingerprint density at radius 1 is 1.11 bits per heavy atom. The molecule has 0 saturated heterocycles. The number of hydrogen-bond donors (Lipinski definition) is 0. The average Bonchev–Trinajstić information content (AvgIpc) is 2.19. The van der Waals surface area contributed by atoms with Gasteiger partial charge in [0.2, 0.25) is 0 Å². The Labute approximate surface area is 110 Å². The minimum Gasteiger partial charge on any atom is -0.454 e. The molecule has 0 spiro atoms. The van der Waals surface area contributed by atoms with E-state index in [1.54, 1.807) is 6.92 Å². The van der Waals surface area contributed by atoms with Crippen LogP contribution < -0.4 is 0 Å². The van der Waals surface area contributed by atoms with Gasteiger partial charge in [-0.15, -0.1) is 0 Å². The number of esters is 2. The third-order valence-corrected chi connectivity index (χ3v) is 2.05. The number of alkyl halides is 3. The molecule has 112 valence electrons. The maximum Gasteiger partial charge on any atom is 0.422 e. The summed E-state index contributed by atoms with van der Waals surface area (Å²) in [5.41, 5.74) is -0.0881. The standard InChI is InChI=1S/C12H19F3O4/c1-8(5-11(2,3)4)10(17)18-6-9(16)19-7-12(13,14)15/h8H,5-7H2,1-4H3. The molecule has 0 saturated carbocycles. The molecular weight excluding hydrogens is 265 g/mol. The molecule has 0 aromatic heterocycles. The molecule has 0 aliphatic rings. The van der Waals surface area contributed by atoms with Gasteiger partial charge >= 0.3 is 18.1 Å². The topological polar surface area (TPSA) is 52.6 Å². The second kappa shape index (κ2) is 6.77. The lowest BCUT2D eigenvalue weighted by Crippen LogP contribution is -2.26. The highest BCUT2D eigenvalue weighted by molar-refractivity contribution is 5.77. The molecule has 7 heteroatoms. The van der Waals surface area contributed by atoms with E-state index in [4.69, 9.17) is 0 Å². The van der Waals surface area contributed by atoms with Gasteiger partial charge < -0.3 is 9.47 Å². The fourth-order valence-electron chi connectivity index (χ4n) is 1.48. The van der Waals surface area contributed by atoms with E-state index in [0.29, 0.717) is 6.42 Å². The second-order valence-corrected chi connectivity index (χ2v) is 5.55. The number of halogens is 3. The van der Waals surface area contributed by atoms with E-state index in [1.165, 1.54) is 0 Å². The zero-order valence-corrected chi connectivity index (χ0v) is 11.5. The van der Waals surface area contributed by atoms with Gasteiger partial charge in [-0.25, -0.2) is 4.79 Å². The molecule has 0 amide bonds. The van der Waals surface area contributed by atoms with Crippen LogP contribution in [0.2, 0.25) is 0 Å². The van der Waals surface area contributed by atoms with Crippen LogP contribution in [0.4, 0.5) is 13.2 Å². The van der Waals surface area contributed by atoms with Crippen molar-refractivity contribution in [3.63, 3.8) is 0 Å². The van der Waals surface area contributed by atoms with Gasteiger partial charge in [0.1, 0.15) is 0 Å². The van der Waals surface area contributed by atoms with E-state index >= 15 is 0 Å². The first-order valence-corrected chi connectivity index (χ1v) is 5.80. The Morgan fingerprint density at radius 3 is 2.05 bits per heavy atom. The summed E-state index contributed by atoms with van der Waals surface area (Å²) in [6, 6.07) is 0. The second-order valence-electron chi connectivity index (χ2n) is 5.55. The SMILES string of the molecule is CC(CC(C)(C)C)C(=O)OCC(=O)OCC(F)(F)F. The van der Waals surface area contributed by atoms with Crippen LogP contribution in [0.15, 0.2) is 0 Å². The molecule has 19 heavy (non-hydrogen) atoms. The maximum absolute atomic E-state index is 11.7. The Bertz CT molecular complexity index is 318. The predicted molar refractivity (Wildman–Crippen MR) is 61.2 cm³/mol. The molecular formula is C12H19F3O4. The summed E-state index contributed by atoms with van der Waals surface area (Å²) in [5.74, 6) is -2.28. The molecule has 1 atom stereocenters. The summed E-state index contributed by atoms with van der Waals surface area (Å²) < 4.78 is 43.7. The Balaban J connectivity index is 3.99. The maximum atomic E-state index is 11.7. The number of rotatable bonds is 5. The van der Waals surface area contributed by atoms with Gasteiger partial charge in [0.15, 0.2) is 13.2 Å². The third-order valence-electron chi connectivity index (χ3n) is 2.05. The van der Waals surface area contributed by atoms with Crippen molar-refractivity contribution >= 4 is 11.9 Å². The van der Waals surface area contributed by atoms with E-state index in [2.05, 4.69) is 9.47 Å². The highest BCUT2D eigenvalue weighted by atomic mass is 19.4. The zero-order chi connectivity index (χ0) is 15.3. The van der Waals surface area contributed by atoms with E-state index in [1.807, 2.05) is 20.8 Å². The van der Waals surface area contributed by atoms with Gasteiger partial charge in [-0.2, -0.15) is 13.2 Å². The Kier molecular flexibility index (Phi) is 6.32. The van der Waals surface area contributed by atoms with Gasteiger partial charge in [0, 0.05) is 0 Å². The number of carbonyl (C=O) groups is 2. The van der Waals surface area contributed by atoms with E-state index in [-0.39, 0.29) is 5.41 Å². The minimum absolute atomic E-state index is 0.0881. The van der Waals surface area contributed by atoms with Crippen LogP contribution in [0, 0.1) is 11.3 Å². The van der Waals surface area contributed by atoms with Gasteiger partial charge in [-0.05, 0) is 11.8 Å². The molecule has 0 N–H and O–H groups in total. The normalized spacial score (nSPS) is 13.8. The summed E-state index contributed by atoms with van der Waals surface area (Å²) in [6.07, 6.45) is -4.04. The van der Waals surface area contributed by atoms with Crippen LogP contribution in [-0.2, 0) is 19.1 Å². The van der Waals surface area contributed by atoms with Crippen LogP contribution in [0.5, 0.6) is 0 Å². The lowest BCUT2D eigenvalue weighted by atomic mass is 9.85. The van der Waals surface area contributed by atoms with Crippen molar-refractivity contribution in [3.8, 4) is 0 Å². The highest BCUT2D eigenvalue weighted by Gasteiger charge is 2.30. The van der Waals surface area contributed by atoms with Gasteiger partial charge in [-0.3, -0.25) is 4.79 Å². The van der Waals surface area contributed by atoms with Crippen molar-refractivity contribution in [1.82, 2.24) is 0 Å². The first-order chi connectivity index (χ1) is 8.41. The molecule has 0 aromatic rings. The summed E-state index contributed by atoms with van der Waals surface area (Å²) >= 11 is 0. The summed E-state index contributed by atoms with van der Waals surface area (Å²) in [5, 5.41) is 0. The molecule has 0 aromatic carbocycles.